The molecule has 1 heterocycles. The Labute approximate surface area is 132 Å². The fourth-order valence-corrected chi connectivity index (χ4v) is 3.51. The van der Waals surface area contributed by atoms with Crippen LogP contribution in [-0.4, -0.2) is 21.8 Å². The van der Waals surface area contributed by atoms with Crippen LogP contribution in [-0.2, 0) is 6.54 Å². The minimum atomic E-state index is 0.293. The number of hydrogen-bond acceptors (Lipinski definition) is 3. The highest BCUT2D eigenvalue weighted by Gasteiger charge is 2.16. The van der Waals surface area contributed by atoms with Gasteiger partial charge in [-0.2, -0.15) is 0 Å². The Morgan fingerprint density at radius 3 is 2.81 bits per heavy atom. The molecule has 0 saturated heterocycles. The molecule has 1 atom stereocenters. The van der Waals surface area contributed by atoms with E-state index in [-0.39, 0.29) is 0 Å². The molecule has 1 aromatic heterocycles. The van der Waals surface area contributed by atoms with Crippen LogP contribution in [0.2, 0.25) is 0 Å². The van der Waals surface area contributed by atoms with E-state index in [0.29, 0.717) is 6.04 Å². The summed E-state index contributed by atoms with van der Waals surface area (Å²) in [5.41, 5.74) is 1.34. The molecular formula is C17H25N3S. The molecule has 2 rings (SSSR count). The van der Waals surface area contributed by atoms with E-state index in [0.717, 1.165) is 31.1 Å². The molecule has 0 fully saturated rings. The van der Waals surface area contributed by atoms with Crippen molar-refractivity contribution in [1.82, 2.24) is 14.9 Å². The van der Waals surface area contributed by atoms with E-state index < -0.39 is 0 Å². The molecule has 0 aliphatic heterocycles. The molecule has 1 aromatic carbocycles. The zero-order valence-corrected chi connectivity index (χ0v) is 14.0. The molecular weight excluding hydrogens is 278 g/mol. The Kier molecular flexibility index (Phi) is 6.33. The van der Waals surface area contributed by atoms with Crippen molar-refractivity contribution in [1.29, 1.82) is 0 Å². The number of aromatic nitrogens is 2. The molecule has 0 amide bonds. The van der Waals surface area contributed by atoms with Gasteiger partial charge in [-0.3, -0.25) is 0 Å². The van der Waals surface area contributed by atoms with E-state index in [2.05, 4.69) is 66.1 Å². The van der Waals surface area contributed by atoms with E-state index in [9.17, 15) is 0 Å². The Hall–Kier alpha value is -1.26. The van der Waals surface area contributed by atoms with Gasteiger partial charge >= 0.3 is 0 Å². The van der Waals surface area contributed by atoms with Crippen molar-refractivity contribution in [2.75, 3.05) is 12.3 Å². The highest BCUT2D eigenvalue weighted by Crippen LogP contribution is 2.26. The Morgan fingerprint density at radius 1 is 1.29 bits per heavy atom. The summed E-state index contributed by atoms with van der Waals surface area (Å²) in [7, 11) is 0. The molecule has 0 aliphatic rings. The van der Waals surface area contributed by atoms with Gasteiger partial charge in [0.2, 0.25) is 0 Å². The smallest absolute Gasteiger partial charge is 0.126 e. The van der Waals surface area contributed by atoms with Crippen molar-refractivity contribution < 1.29 is 0 Å². The first-order valence-electron chi connectivity index (χ1n) is 7.69. The van der Waals surface area contributed by atoms with Crippen molar-refractivity contribution in [2.45, 2.75) is 44.7 Å². The molecule has 114 valence electrons. The Balaban J connectivity index is 2.08. The second-order valence-corrected chi connectivity index (χ2v) is 6.23. The summed E-state index contributed by atoms with van der Waals surface area (Å²) >= 11 is 1.90. The fourth-order valence-electron chi connectivity index (χ4n) is 2.42. The van der Waals surface area contributed by atoms with Crippen LogP contribution in [0.3, 0.4) is 0 Å². The standard InChI is InChI=1S/C17H25N3S/c1-4-11-20-12-10-19-17(20)15(18-5-2)13-21-16-9-7-6-8-14(16)3/h6-10,12,15,18H,4-5,11,13H2,1-3H3. The van der Waals surface area contributed by atoms with Gasteiger partial charge in [-0.05, 0) is 31.5 Å². The van der Waals surface area contributed by atoms with Crippen molar-refractivity contribution in [3.63, 3.8) is 0 Å². The quantitative estimate of drug-likeness (QED) is 0.746. The van der Waals surface area contributed by atoms with Gasteiger partial charge in [-0.25, -0.2) is 4.98 Å². The largest absolute Gasteiger partial charge is 0.334 e. The highest BCUT2D eigenvalue weighted by atomic mass is 32.2. The summed E-state index contributed by atoms with van der Waals surface area (Å²) in [6, 6.07) is 8.86. The van der Waals surface area contributed by atoms with Crippen LogP contribution >= 0.6 is 11.8 Å². The average molecular weight is 303 g/mol. The van der Waals surface area contributed by atoms with Gasteiger partial charge in [-0.15, -0.1) is 11.8 Å². The SMILES string of the molecule is CCCn1ccnc1C(CSc1ccccc1C)NCC. The van der Waals surface area contributed by atoms with E-state index >= 15 is 0 Å². The third-order valence-corrected chi connectivity index (χ3v) is 4.74. The van der Waals surface area contributed by atoms with E-state index in [4.69, 9.17) is 0 Å². The van der Waals surface area contributed by atoms with Gasteiger partial charge in [0.25, 0.3) is 0 Å². The molecule has 2 aromatic rings. The molecule has 0 radical (unpaired) electrons. The zero-order chi connectivity index (χ0) is 15.1. The van der Waals surface area contributed by atoms with Crippen molar-refractivity contribution in [2.24, 2.45) is 0 Å². The van der Waals surface area contributed by atoms with Gasteiger partial charge in [-0.1, -0.05) is 32.0 Å². The van der Waals surface area contributed by atoms with Gasteiger partial charge in [0.15, 0.2) is 0 Å². The first-order valence-corrected chi connectivity index (χ1v) is 8.67. The van der Waals surface area contributed by atoms with Crippen LogP contribution in [0.5, 0.6) is 0 Å². The third-order valence-electron chi connectivity index (χ3n) is 3.47. The van der Waals surface area contributed by atoms with E-state index in [1.54, 1.807) is 0 Å². The predicted molar refractivity (Wildman–Crippen MR) is 90.8 cm³/mol. The van der Waals surface area contributed by atoms with Crippen molar-refractivity contribution in [3.8, 4) is 0 Å². The lowest BCUT2D eigenvalue weighted by molar-refractivity contribution is 0.527. The lowest BCUT2D eigenvalue weighted by Gasteiger charge is -2.19. The molecule has 3 nitrogen and oxygen atoms in total. The van der Waals surface area contributed by atoms with Crippen LogP contribution in [0.25, 0.3) is 0 Å². The molecule has 0 aliphatic carbocycles. The summed E-state index contributed by atoms with van der Waals surface area (Å²) in [5, 5.41) is 3.57. The second kappa shape index (κ2) is 8.25. The van der Waals surface area contributed by atoms with Gasteiger partial charge in [0.1, 0.15) is 5.82 Å². The van der Waals surface area contributed by atoms with Crippen LogP contribution in [0, 0.1) is 6.92 Å². The molecule has 0 bridgehead atoms. The number of rotatable bonds is 8. The maximum atomic E-state index is 4.58. The Bertz CT molecular complexity index is 550. The molecule has 1 unspecified atom stereocenters. The summed E-state index contributed by atoms with van der Waals surface area (Å²) in [6.45, 7) is 8.51. The van der Waals surface area contributed by atoms with E-state index in [1.165, 1.54) is 10.5 Å². The number of nitrogens with one attached hydrogen (secondary N) is 1. The number of nitrogens with zero attached hydrogens (tertiary/aromatic N) is 2. The van der Waals surface area contributed by atoms with Crippen molar-refractivity contribution >= 4 is 11.8 Å². The molecule has 21 heavy (non-hydrogen) atoms. The van der Waals surface area contributed by atoms with Crippen LogP contribution < -0.4 is 5.32 Å². The number of benzene rings is 1. The van der Waals surface area contributed by atoms with Gasteiger partial charge in [0.05, 0.1) is 6.04 Å². The first-order chi connectivity index (χ1) is 10.3. The van der Waals surface area contributed by atoms with Crippen LogP contribution in [0.4, 0.5) is 0 Å². The normalized spacial score (nSPS) is 12.5. The number of imidazole rings is 1. The molecule has 0 saturated carbocycles. The Morgan fingerprint density at radius 2 is 2.10 bits per heavy atom. The number of hydrogen-bond donors (Lipinski definition) is 1. The number of aryl methyl sites for hydroxylation is 2. The molecule has 4 heteroatoms. The second-order valence-electron chi connectivity index (χ2n) is 5.17. The monoisotopic (exact) mass is 303 g/mol. The highest BCUT2D eigenvalue weighted by molar-refractivity contribution is 7.99. The zero-order valence-electron chi connectivity index (χ0n) is 13.2. The maximum absolute atomic E-state index is 4.58. The van der Waals surface area contributed by atoms with E-state index in [1.807, 2.05) is 18.0 Å². The van der Waals surface area contributed by atoms with Gasteiger partial charge < -0.3 is 9.88 Å². The average Bonchev–Trinajstić information content (AvgIpc) is 2.93. The minimum Gasteiger partial charge on any atom is -0.334 e. The molecule has 0 spiro atoms. The van der Waals surface area contributed by atoms with Crippen LogP contribution in [0.15, 0.2) is 41.6 Å². The summed E-state index contributed by atoms with van der Waals surface area (Å²) < 4.78 is 2.27. The lowest BCUT2D eigenvalue weighted by Crippen LogP contribution is -2.26. The first kappa shape index (κ1) is 16.1. The summed E-state index contributed by atoms with van der Waals surface area (Å²) in [6.07, 6.45) is 5.13. The minimum absolute atomic E-state index is 0.293. The lowest BCUT2D eigenvalue weighted by atomic mass is 10.2. The summed E-state index contributed by atoms with van der Waals surface area (Å²) in [4.78, 5) is 5.93. The topological polar surface area (TPSA) is 29.9 Å². The number of thioether (sulfide) groups is 1. The van der Waals surface area contributed by atoms with Gasteiger partial charge in [0, 0.05) is 29.6 Å². The van der Waals surface area contributed by atoms with Crippen LogP contribution in [0.1, 0.15) is 37.7 Å². The fraction of sp³-hybridized carbons (Fsp3) is 0.471. The van der Waals surface area contributed by atoms with Crippen molar-refractivity contribution in [3.05, 3.63) is 48.0 Å². The predicted octanol–water partition coefficient (Wildman–Crippen LogP) is 4.04. The summed E-state index contributed by atoms with van der Waals surface area (Å²) in [5.74, 6) is 2.15. The molecule has 1 N–H and O–H groups in total. The maximum Gasteiger partial charge on any atom is 0.126 e. The third kappa shape index (κ3) is 4.35.